The number of nitrogens with zero attached hydrogens (tertiary/aromatic N) is 6. The van der Waals surface area contributed by atoms with Crippen molar-refractivity contribution < 1.29 is 9.50 Å². The van der Waals surface area contributed by atoms with Crippen LogP contribution in [-0.4, -0.2) is 60.4 Å². The second-order valence-electron chi connectivity index (χ2n) is 9.26. The molecule has 3 aromatic rings. The van der Waals surface area contributed by atoms with Gasteiger partial charge in [0.15, 0.2) is 11.6 Å². The minimum Gasteiger partial charge on any atom is -0.507 e. The van der Waals surface area contributed by atoms with Crippen LogP contribution in [0.25, 0.3) is 22.5 Å². The lowest BCUT2D eigenvalue weighted by atomic mass is 9.98. The first-order chi connectivity index (χ1) is 15.5. The molecule has 8 nitrogen and oxygen atoms in total. The van der Waals surface area contributed by atoms with E-state index in [4.69, 9.17) is 0 Å². The highest BCUT2D eigenvalue weighted by Gasteiger charge is 2.45. The average Bonchev–Trinajstić information content (AvgIpc) is 3.46. The number of aromatic nitrogens is 5. The number of benzene rings is 1. The van der Waals surface area contributed by atoms with Crippen LogP contribution in [0.1, 0.15) is 32.1 Å². The standard InChI is InChI=1S/C23H26FN7O/c1-30-12-14(10-26-30)13-2-5-18(21(32)6-13)23-25-11-22(28-29-23)31(16-3-4-16)17-7-15-8-19(24)20(9-17)27-15/h2,5-6,10-12,15-17,19-20,27,32H,3-4,7-9H2,1H3/t15-,17-,19-,20+/m0/s1. The molecular formula is C23H26FN7O. The lowest BCUT2D eigenvalue weighted by molar-refractivity contribution is 0.271. The van der Waals surface area contributed by atoms with E-state index in [-0.39, 0.29) is 23.9 Å². The van der Waals surface area contributed by atoms with Crippen molar-refractivity contribution in [3.05, 3.63) is 36.8 Å². The topological polar surface area (TPSA) is 92.0 Å². The lowest BCUT2D eigenvalue weighted by Gasteiger charge is -2.38. The number of halogens is 1. The van der Waals surface area contributed by atoms with Gasteiger partial charge in [0.25, 0.3) is 0 Å². The molecule has 2 N–H and O–H groups in total. The summed E-state index contributed by atoms with van der Waals surface area (Å²) in [6.07, 6.45) is 9.20. The molecule has 1 aliphatic carbocycles. The largest absolute Gasteiger partial charge is 0.507 e. The van der Waals surface area contributed by atoms with E-state index in [0.717, 1.165) is 42.6 Å². The number of phenolic OH excluding ortho intramolecular Hbond substituents is 1. The number of aryl methyl sites for hydroxylation is 1. The maximum absolute atomic E-state index is 14.2. The molecule has 4 atom stereocenters. The molecule has 6 rings (SSSR count). The Kier molecular flexibility index (Phi) is 4.60. The molecule has 2 bridgehead atoms. The summed E-state index contributed by atoms with van der Waals surface area (Å²) in [7, 11) is 1.86. The number of fused-ring (bicyclic) bond motifs is 2. The molecule has 0 spiro atoms. The Balaban J connectivity index is 1.25. The van der Waals surface area contributed by atoms with E-state index in [0.29, 0.717) is 23.9 Å². The first-order valence-corrected chi connectivity index (χ1v) is 11.3. The maximum atomic E-state index is 14.2. The molecule has 0 radical (unpaired) electrons. The average molecular weight is 436 g/mol. The van der Waals surface area contributed by atoms with E-state index in [1.807, 2.05) is 19.3 Å². The normalized spacial score (nSPS) is 26.9. The van der Waals surface area contributed by atoms with E-state index in [2.05, 4.69) is 30.5 Å². The molecule has 1 saturated carbocycles. The van der Waals surface area contributed by atoms with Gasteiger partial charge in [-0.2, -0.15) is 5.10 Å². The summed E-state index contributed by atoms with van der Waals surface area (Å²) in [5.74, 6) is 1.22. The fourth-order valence-electron chi connectivity index (χ4n) is 5.24. The fraction of sp³-hybridized carbons (Fsp3) is 0.478. The molecule has 0 unspecified atom stereocenters. The summed E-state index contributed by atoms with van der Waals surface area (Å²) in [6, 6.07) is 6.29. The second kappa shape index (κ2) is 7.51. The molecule has 2 aliphatic heterocycles. The van der Waals surface area contributed by atoms with E-state index >= 15 is 0 Å². The summed E-state index contributed by atoms with van der Waals surface area (Å²) in [5, 5.41) is 27.0. The zero-order valence-corrected chi connectivity index (χ0v) is 17.9. The lowest BCUT2D eigenvalue weighted by Crippen LogP contribution is -2.50. The van der Waals surface area contributed by atoms with Crippen molar-refractivity contribution in [2.45, 2.75) is 62.4 Å². The molecule has 4 heterocycles. The highest BCUT2D eigenvalue weighted by Crippen LogP contribution is 2.39. The quantitative estimate of drug-likeness (QED) is 0.637. The van der Waals surface area contributed by atoms with Gasteiger partial charge in [-0.1, -0.05) is 6.07 Å². The van der Waals surface area contributed by atoms with Crippen molar-refractivity contribution in [2.75, 3.05) is 4.90 Å². The minimum absolute atomic E-state index is 0.0598. The van der Waals surface area contributed by atoms with Crippen molar-refractivity contribution in [1.82, 2.24) is 30.3 Å². The van der Waals surface area contributed by atoms with E-state index in [1.165, 1.54) is 0 Å². The summed E-state index contributed by atoms with van der Waals surface area (Å²) in [6.45, 7) is 0. The highest BCUT2D eigenvalue weighted by atomic mass is 19.1. The number of rotatable bonds is 5. The molecule has 2 saturated heterocycles. The fourth-order valence-corrected chi connectivity index (χ4v) is 5.24. The van der Waals surface area contributed by atoms with Crippen molar-refractivity contribution in [3.63, 3.8) is 0 Å². The third-order valence-corrected chi connectivity index (χ3v) is 6.90. The van der Waals surface area contributed by atoms with E-state index in [1.54, 1.807) is 29.2 Å². The zero-order valence-electron chi connectivity index (χ0n) is 17.9. The van der Waals surface area contributed by atoms with Gasteiger partial charge in [-0.25, -0.2) is 9.37 Å². The first kappa shape index (κ1) is 19.6. The Morgan fingerprint density at radius 1 is 1.09 bits per heavy atom. The third kappa shape index (κ3) is 3.50. The molecule has 9 heteroatoms. The molecule has 1 aromatic carbocycles. The van der Waals surface area contributed by atoms with Crippen molar-refractivity contribution in [3.8, 4) is 28.3 Å². The van der Waals surface area contributed by atoms with Crippen LogP contribution in [0.5, 0.6) is 5.75 Å². The Labute approximate surface area is 185 Å². The second-order valence-corrected chi connectivity index (χ2v) is 9.26. The smallest absolute Gasteiger partial charge is 0.185 e. The van der Waals surface area contributed by atoms with Crippen LogP contribution in [0.2, 0.25) is 0 Å². The van der Waals surface area contributed by atoms with Gasteiger partial charge in [0.2, 0.25) is 0 Å². The van der Waals surface area contributed by atoms with Crippen LogP contribution in [0.3, 0.4) is 0 Å². The minimum atomic E-state index is -0.754. The van der Waals surface area contributed by atoms with Gasteiger partial charge >= 0.3 is 0 Å². The third-order valence-electron chi connectivity index (χ3n) is 6.90. The van der Waals surface area contributed by atoms with Crippen LogP contribution >= 0.6 is 0 Å². The molecule has 0 amide bonds. The number of phenols is 1. The highest BCUT2D eigenvalue weighted by molar-refractivity contribution is 5.72. The van der Waals surface area contributed by atoms with Gasteiger partial charge in [-0.05, 0) is 49.8 Å². The Bertz CT molecular complexity index is 1130. The predicted molar refractivity (Wildman–Crippen MR) is 118 cm³/mol. The Hall–Kier alpha value is -3.07. The van der Waals surface area contributed by atoms with Gasteiger partial charge in [-0.3, -0.25) is 4.68 Å². The first-order valence-electron chi connectivity index (χ1n) is 11.3. The monoisotopic (exact) mass is 435 g/mol. The van der Waals surface area contributed by atoms with E-state index in [9.17, 15) is 9.50 Å². The van der Waals surface area contributed by atoms with Gasteiger partial charge < -0.3 is 15.3 Å². The van der Waals surface area contributed by atoms with Gasteiger partial charge in [-0.15, -0.1) is 10.2 Å². The molecule has 166 valence electrons. The van der Waals surface area contributed by atoms with Crippen molar-refractivity contribution >= 4 is 5.82 Å². The summed E-state index contributed by atoms with van der Waals surface area (Å²) >= 11 is 0. The van der Waals surface area contributed by atoms with Gasteiger partial charge in [0, 0.05) is 43.0 Å². The number of piperidine rings is 1. The molecule has 2 aromatic heterocycles. The summed E-state index contributed by atoms with van der Waals surface area (Å²) < 4.78 is 15.9. The molecular weight excluding hydrogens is 409 g/mol. The maximum Gasteiger partial charge on any atom is 0.185 e. The van der Waals surface area contributed by atoms with Crippen molar-refractivity contribution in [2.24, 2.45) is 7.05 Å². The summed E-state index contributed by atoms with van der Waals surface area (Å²) in [4.78, 5) is 6.84. The molecule has 3 fully saturated rings. The predicted octanol–water partition coefficient (Wildman–Crippen LogP) is 2.84. The van der Waals surface area contributed by atoms with Crippen LogP contribution in [0, 0.1) is 0 Å². The van der Waals surface area contributed by atoms with E-state index < -0.39 is 6.17 Å². The summed E-state index contributed by atoms with van der Waals surface area (Å²) in [5.41, 5.74) is 2.33. The van der Waals surface area contributed by atoms with Crippen LogP contribution in [0.15, 0.2) is 36.8 Å². The Morgan fingerprint density at radius 2 is 1.97 bits per heavy atom. The number of hydrogen-bond donors (Lipinski definition) is 2. The van der Waals surface area contributed by atoms with Crippen molar-refractivity contribution in [1.29, 1.82) is 0 Å². The van der Waals surface area contributed by atoms with Crippen LogP contribution < -0.4 is 10.2 Å². The van der Waals surface area contributed by atoms with Crippen LogP contribution in [0.4, 0.5) is 10.2 Å². The number of aromatic hydroxyl groups is 1. The number of hydrogen-bond acceptors (Lipinski definition) is 7. The van der Waals surface area contributed by atoms with Gasteiger partial charge in [0.1, 0.15) is 11.9 Å². The number of nitrogens with one attached hydrogen (secondary N) is 1. The molecule has 3 aliphatic rings. The zero-order chi connectivity index (χ0) is 21.8. The SMILES string of the molecule is Cn1cc(-c2ccc(-c3ncc(N(C4CC4)[C@H]4C[C@H]5C[C@H](F)[C@@H](C4)N5)nn3)c(O)c2)cn1. The number of alkyl halides is 1. The van der Waals surface area contributed by atoms with Gasteiger partial charge in [0.05, 0.1) is 18.0 Å². The number of anilines is 1. The Morgan fingerprint density at radius 3 is 2.62 bits per heavy atom. The van der Waals surface area contributed by atoms with Crippen LogP contribution in [-0.2, 0) is 7.05 Å². The molecule has 32 heavy (non-hydrogen) atoms.